The minimum Gasteiger partial charge on any atom is -0.370 e. The fourth-order valence-corrected chi connectivity index (χ4v) is 5.11. The van der Waals surface area contributed by atoms with Gasteiger partial charge in [-0.2, -0.15) is 11.8 Å². The minimum absolute atomic E-state index is 0.0772. The molecular weight excluding hydrogens is 362 g/mol. The second-order valence-corrected chi connectivity index (χ2v) is 8.28. The molecular formula is C20H23N3OS2. The molecule has 0 spiro atoms. The number of rotatable bonds is 3. The number of nitrogens with zero attached hydrogens (tertiary/aromatic N) is 3. The minimum atomic E-state index is -0.308. The highest BCUT2D eigenvalue weighted by atomic mass is 32.2. The van der Waals surface area contributed by atoms with Crippen LogP contribution in [-0.4, -0.2) is 42.0 Å². The number of amides is 1. The molecule has 2 aromatic carbocycles. The number of para-hydroxylation sites is 1. The Kier molecular flexibility index (Phi) is 5.05. The lowest BCUT2D eigenvalue weighted by atomic mass is 10.2. The lowest BCUT2D eigenvalue weighted by Gasteiger charge is -2.31. The van der Waals surface area contributed by atoms with E-state index in [0.29, 0.717) is 0 Å². The predicted molar refractivity (Wildman–Crippen MR) is 115 cm³/mol. The molecule has 6 heteroatoms. The highest BCUT2D eigenvalue weighted by Crippen LogP contribution is 2.35. The highest BCUT2D eigenvalue weighted by molar-refractivity contribution is 7.99. The summed E-state index contributed by atoms with van der Waals surface area (Å²) in [5.41, 5.74) is 2.86. The van der Waals surface area contributed by atoms with E-state index in [-0.39, 0.29) is 17.4 Å². The van der Waals surface area contributed by atoms with Crippen LogP contribution in [0.1, 0.15) is 6.92 Å². The third-order valence-electron chi connectivity index (χ3n) is 5.05. The van der Waals surface area contributed by atoms with Gasteiger partial charge in [0.15, 0.2) is 5.50 Å². The fourth-order valence-electron chi connectivity index (χ4n) is 3.62. The van der Waals surface area contributed by atoms with Crippen LogP contribution in [0.5, 0.6) is 0 Å². The van der Waals surface area contributed by atoms with Crippen LogP contribution in [0.25, 0.3) is 0 Å². The van der Waals surface area contributed by atoms with Crippen molar-refractivity contribution in [2.75, 3.05) is 39.3 Å². The molecule has 0 saturated carbocycles. The lowest BCUT2D eigenvalue weighted by molar-refractivity contribution is -0.117. The van der Waals surface area contributed by atoms with E-state index in [9.17, 15) is 4.79 Å². The maximum absolute atomic E-state index is 12.8. The number of anilines is 3. The van der Waals surface area contributed by atoms with Crippen LogP contribution in [0.15, 0.2) is 54.6 Å². The SMILES string of the molecule is CC1C(=O)N(c2ccccc2)C(S)N1c1ccc(N2CCSCC2)cc1. The molecule has 2 aliphatic heterocycles. The smallest absolute Gasteiger partial charge is 0.251 e. The third kappa shape index (κ3) is 3.16. The van der Waals surface area contributed by atoms with Crippen molar-refractivity contribution in [3.8, 4) is 0 Å². The number of hydrogen-bond acceptors (Lipinski definition) is 5. The van der Waals surface area contributed by atoms with Crippen molar-refractivity contribution < 1.29 is 4.79 Å². The summed E-state index contributed by atoms with van der Waals surface area (Å²) in [6.45, 7) is 4.14. The molecule has 0 radical (unpaired) electrons. The summed E-state index contributed by atoms with van der Waals surface area (Å²) < 4.78 is 0. The van der Waals surface area contributed by atoms with Gasteiger partial charge in [0.05, 0.1) is 0 Å². The van der Waals surface area contributed by atoms with E-state index >= 15 is 0 Å². The van der Waals surface area contributed by atoms with Crippen LogP contribution in [0.2, 0.25) is 0 Å². The van der Waals surface area contributed by atoms with Crippen molar-refractivity contribution in [3.05, 3.63) is 54.6 Å². The van der Waals surface area contributed by atoms with Crippen molar-refractivity contribution in [2.45, 2.75) is 18.5 Å². The third-order valence-corrected chi connectivity index (χ3v) is 6.47. The van der Waals surface area contributed by atoms with Crippen LogP contribution in [0.4, 0.5) is 17.1 Å². The van der Waals surface area contributed by atoms with Gasteiger partial charge in [0.2, 0.25) is 0 Å². The number of benzene rings is 2. The molecule has 2 heterocycles. The zero-order valence-corrected chi connectivity index (χ0v) is 16.5. The predicted octanol–water partition coefficient (Wildman–Crippen LogP) is 3.69. The molecule has 4 rings (SSSR count). The van der Waals surface area contributed by atoms with E-state index in [2.05, 4.69) is 34.1 Å². The molecule has 2 atom stereocenters. The van der Waals surface area contributed by atoms with Gasteiger partial charge in [-0.05, 0) is 43.3 Å². The molecule has 0 N–H and O–H groups in total. The first-order chi connectivity index (χ1) is 12.7. The summed E-state index contributed by atoms with van der Waals surface area (Å²) in [5.74, 6) is 2.45. The molecule has 2 unspecified atom stereocenters. The Labute approximate surface area is 164 Å². The van der Waals surface area contributed by atoms with Gasteiger partial charge in [0.1, 0.15) is 6.04 Å². The first-order valence-corrected chi connectivity index (χ1v) is 10.6. The second-order valence-electron chi connectivity index (χ2n) is 6.59. The molecule has 0 aliphatic carbocycles. The number of thiol groups is 1. The zero-order valence-electron chi connectivity index (χ0n) is 14.8. The summed E-state index contributed by atoms with van der Waals surface area (Å²) >= 11 is 6.78. The Morgan fingerprint density at radius 3 is 2.19 bits per heavy atom. The summed E-state index contributed by atoms with van der Waals surface area (Å²) in [4.78, 5) is 19.1. The van der Waals surface area contributed by atoms with Gasteiger partial charge in [-0.1, -0.05) is 18.2 Å². The standard InChI is InChI=1S/C20H23N3OS2/c1-15-19(24)23(17-5-3-2-4-6-17)20(25)22(15)18-9-7-16(8-10-18)21-11-13-26-14-12-21/h2-10,15,20,25H,11-14H2,1H3. The molecule has 26 heavy (non-hydrogen) atoms. The van der Waals surface area contributed by atoms with Gasteiger partial charge < -0.3 is 9.80 Å². The fraction of sp³-hybridized carbons (Fsp3) is 0.350. The van der Waals surface area contributed by atoms with Crippen molar-refractivity contribution >= 4 is 47.4 Å². The average molecular weight is 386 g/mol. The van der Waals surface area contributed by atoms with Gasteiger partial charge in [-0.3, -0.25) is 9.69 Å². The number of hydrogen-bond donors (Lipinski definition) is 1. The molecule has 1 amide bonds. The molecule has 0 bridgehead atoms. The average Bonchev–Trinajstić information content (AvgIpc) is 2.92. The van der Waals surface area contributed by atoms with E-state index in [4.69, 9.17) is 12.6 Å². The van der Waals surface area contributed by atoms with Crippen molar-refractivity contribution in [2.24, 2.45) is 0 Å². The summed E-state index contributed by atoms with van der Waals surface area (Å²) in [6, 6.07) is 18.1. The highest BCUT2D eigenvalue weighted by Gasteiger charge is 2.42. The van der Waals surface area contributed by atoms with Gasteiger partial charge in [-0.25, -0.2) is 0 Å². The molecule has 2 saturated heterocycles. The largest absolute Gasteiger partial charge is 0.370 e. The Hall–Kier alpha value is -1.79. The van der Waals surface area contributed by atoms with E-state index in [0.717, 1.165) is 24.5 Å². The number of thioether (sulfide) groups is 1. The van der Waals surface area contributed by atoms with Gasteiger partial charge in [-0.15, -0.1) is 12.6 Å². The van der Waals surface area contributed by atoms with Crippen molar-refractivity contribution in [1.29, 1.82) is 0 Å². The Morgan fingerprint density at radius 1 is 0.923 bits per heavy atom. The van der Waals surface area contributed by atoms with E-state index in [1.807, 2.05) is 49.0 Å². The Bertz CT molecular complexity index is 762. The van der Waals surface area contributed by atoms with Crippen molar-refractivity contribution in [3.63, 3.8) is 0 Å². The summed E-state index contributed by atoms with van der Waals surface area (Å²) in [6.07, 6.45) is 0. The molecule has 136 valence electrons. The second kappa shape index (κ2) is 7.45. The number of carbonyl (C=O) groups excluding carboxylic acids is 1. The van der Waals surface area contributed by atoms with Crippen LogP contribution in [-0.2, 0) is 4.79 Å². The molecule has 4 nitrogen and oxygen atoms in total. The van der Waals surface area contributed by atoms with Gasteiger partial charge >= 0.3 is 0 Å². The van der Waals surface area contributed by atoms with Crippen LogP contribution < -0.4 is 14.7 Å². The number of carbonyl (C=O) groups is 1. The normalized spacial score (nSPS) is 23.6. The lowest BCUT2D eigenvalue weighted by Crippen LogP contribution is -2.36. The molecule has 0 aromatic heterocycles. The van der Waals surface area contributed by atoms with Crippen LogP contribution >= 0.6 is 24.4 Å². The maximum atomic E-state index is 12.8. The van der Waals surface area contributed by atoms with E-state index in [1.165, 1.54) is 17.2 Å². The van der Waals surface area contributed by atoms with Crippen LogP contribution in [0, 0.1) is 0 Å². The summed E-state index contributed by atoms with van der Waals surface area (Å²) in [7, 11) is 0. The summed E-state index contributed by atoms with van der Waals surface area (Å²) in [5, 5.41) is 0. The first kappa shape index (κ1) is 17.6. The van der Waals surface area contributed by atoms with E-state index in [1.54, 1.807) is 4.90 Å². The molecule has 2 aromatic rings. The molecule has 2 fully saturated rings. The van der Waals surface area contributed by atoms with Crippen molar-refractivity contribution in [1.82, 2.24) is 0 Å². The quantitative estimate of drug-likeness (QED) is 0.815. The Balaban J connectivity index is 1.58. The van der Waals surface area contributed by atoms with E-state index < -0.39 is 0 Å². The maximum Gasteiger partial charge on any atom is 0.251 e. The molecule has 2 aliphatic rings. The topological polar surface area (TPSA) is 26.8 Å². The van der Waals surface area contributed by atoms with Gasteiger partial charge in [0.25, 0.3) is 5.91 Å². The van der Waals surface area contributed by atoms with Gasteiger partial charge in [0, 0.05) is 41.7 Å². The monoisotopic (exact) mass is 385 g/mol. The Morgan fingerprint density at radius 2 is 1.54 bits per heavy atom. The zero-order chi connectivity index (χ0) is 18.1. The first-order valence-electron chi connectivity index (χ1n) is 8.94. The van der Waals surface area contributed by atoms with Crippen LogP contribution in [0.3, 0.4) is 0 Å².